The molecule has 100 valence electrons. The van der Waals surface area contributed by atoms with Crippen LogP contribution in [0.3, 0.4) is 0 Å². The summed E-state index contributed by atoms with van der Waals surface area (Å²) in [5.41, 5.74) is 0.723. The molecule has 19 heavy (non-hydrogen) atoms. The van der Waals surface area contributed by atoms with Crippen LogP contribution in [0.15, 0.2) is 42.5 Å². The Morgan fingerprint density at radius 2 is 1.95 bits per heavy atom. The van der Waals surface area contributed by atoms with Gasteiger partial charge in [-0.25, -0.2) is 0 Å². The van der Waals surface area contributed by atoms with Crippen molar-refractivity contribution in [1.82, 2.24) is 5.32 Å². The van der Waals surface area contributed by atoms with Crippen LogP contribution in [0.1, 0.15) is 30.1 Å². The summed E-state index contributed by atoms with van der Waals surface area (Å²) in [5.74, 6) is 0.00144. The zero-order valence-corrected chi connectivity index (χ0v) is 12.6. The van der Waals surface area contributed by atoms with Gasteiger partial charge in [0.05, 0.1) is 0 Å². The Morgan fingerprint density at radius 3 is 2.68 bits per heavy atom. The molecule has 3 heteroatoms. The van der Waals surface area contributed by atoms with E-state index in [1.165, 1.54) is 0 Å². The lowest BCUT2D eigenvalue weighted by atomic mass is 10.1. The zero-order chi connectivity index (χ0) is 13.7. The van der Waals surface area contributed by atoms with Crippen molar-refractivity contribution in [3.8, 4) is 0 Å². The summed E-state index contributed by atoms with van der Waals surface area (Å²) in [6.07, 6.45) is 2.03. The van der Waals surface area contributed by atoms with Gasteiger partial charge in [0, 0.05) is 16.9 Å². The Morgan fingerprint density at radius 1 is 1.21 bits per heavy atom. The van der Waals surface area contributed by atoms with Crippen LogP contribution in [-0.2, 0) is 0 Å². The number of carbonyl (C=O) groups excluding carboxylic acids is 1. The molecule has 0 spiro atoms. The molecule has 2 rings (SSSR count). The molecule has 0 aromatic heterocycles. The molecule has 0 saturated heterocycles. The molecule has 1 N–H and O–H groups in total. The van der Waals surface area contributed by atoms with Crippen molar-refractivity contribution in [3.63, 3.8) is 0 Å². The maximum atomic E-state index is 12.0. The summed E-state index contributed by atoms with van der Waals surface area (Å²) in [6.45, 7) is 2.83. The molecule has 0 aliphatic rings. The highest BCUT2D eigenvalue weighted by molar-refractivity contribution is 9.09. The molecule has 1 amide bonds. The zero-order valence-electron chi connectivity index (χ0n) is 11.0. The van der Waals surface area contributed by atoms with Crippen LogP contribution < -0.4 is 5.32 Å². The van der Waals surface area contributed by atoms with Gasteiger partial charge in [-0.15, -0.1) is 0 Å². The molecule has 0 aliphatic carbocycles. The highest BCUT2D eigenvalue weighted by atomic mass is 79.9. The van der Waals surface area contributed by atoms with Crippen molar-refractivity contribution < 1.29 is 4.79 Å². The number of benzene rings is 2. The molecule has 1 atom stereocenters. The van der Waals surface area contributed by atoms with E-state index in [9.17, 15) is 4.79 Å². The highest BCUT2D eigenvalue weighted by Gasteiger charge is 2.07. The largest absolute Gasteiger partial charge is 0.352 e. The normalized spacial score (nSPS) is 12.3. The quantitative estimate of drug-likeness (QED) is 0.825. The van der Waals surface area contributed by atoms with Crippen LogP contribution in [0.5, 0.6) is 0 Å². The first-order valence-electron chi connectivity index (χ1n) is 6.61. The number of hydrogen-bond donors (Lipinski definition) is 1. The second-order valence-electron chi connectivity index (χ2n) is 4.61. The summed E-state index contributed by atoms with van der Waals surface area (Å²) in [5, 5.41) is 5.22. The molecule has 0 aliphatic heterocycles. The average molecular weight is 320 g/mol. The van der Waals surface area contributed by atoms with E-state index in [0.29, 0.717) is 11.4 Å². The molecule has 0 bridgehead atoms. The van der Waals surface area contributed by atoms with Crippen LogP contribution in [0.25, 0.3) is 10.8 Å². The Bertz CT molecular complexity index is 567. The number of rotatable bonds is 5. The van der Waals surface area contributed by atoms with Gasteiger partial charge in [-0.1, -0.05) is 53.2 Å². The van der Waals surface area contributed by atoms with Gasteiger partial charge in [0.25, 0.3) is 5.91 Å². The third-order valence-corrected chi connectivity index (χ3v) is 4.30. The van der Waals surface area contributed by atoms with E-state index >= 15 is 0 Å². The molecule has 1 unspecified atom stereocenters. The maximum Gasteiger partial charge on any atom is 0.251 e. The molecule has 2 aromatic rings. The Hall–Kier alpha value is -1.35. The first kappa shape index (κ1) is 14.1. The fourth-order valence-corrected chi connectivity index (χ4v) is 2.21. The van der Waals surface area contributed by atoms with Gasteiger partial charge in [0.2, 0.25) is 0 Å². The summed E-state index contributed by atoms with van der Waals surface area (Å²) >= 11 is 3.56. The third kappa shape index (κ3) is 3.80. The molecule has 2 aromatic carbocycles. The van der Waals surface area contributed by atoms with E-state index in [1.54, 1.807) is 0 Å². The molecule has 0 radical (unpaired) electrons. The van der Waals surface area contributed by atoms with E-state index < -0.39 is 0 Å². The summed E-state index contributed by atoms with van der Waals surface area (Å²) in [6, 6.07) is 13.9. The molecule has 0 saturated carbocycles. The van der Waals surface area contributed by atoms with E-state index in [4.69, 9.17) is 0 Å². The van der Waals surface area contributed by atoms with Crippen molar-refractivity contribution in [2.75, 3.05) is 6.54 Å². The highest BCUT2D eigenvalue weighted by Crippen LogP contribution is 2.15. The summed E-state index contributed by atoms with van der Waals surface area (Å²) < 4.78 is 0. The smallest absolute Gasteiger partial charge is 0.251 e. The number of alkyl halides is 1. The number of nitrogens with one attached hydrogen (secondary N) is 1. The molecule has 2 nitrogen and oxygen atoms in total. The summed E-state index contributed by atoms with van der Waals surface area (Å²) in [7, 11) is 0. The fraction of sp³-hybridized carbons (Fsp3) is 0.312. The standard InChI is InChI=1S/C16H18BrNO/c1-2-15(17)9-10-18-16(19)14-8-7-12-5-3-4-6-13(12)11-14/h3-8,11,15H,2,9-10H2,1H3,(H,18,19). The van der Waals surface area contributed by atoms with Gasteiger partial charge < -0.3 is 5.32 Å². The molecular weight excluding hydrogens is 302 g/mol. The fourth-order valence-electron chi connectivity index (χ4n) is 1.98. The lowest BCUT2D eigenvalue weighted by molar-refractivity contribution is 0.0953. The van der Waals surface area contributed by atoms with Crippen molar-refractivity contribution in [3.05, 3.63) is 48.0 Å². The van der Waals surface area contributed by atoms with E-state index in [0.717, 1.165) is 29.2 Å². The first-order valence-corrected chi connectivity index (χ1v) is 7.53. The maximum absolute atomic E-state index is 12.0. The predicted octanol–water partition coefficient (Wildman–Crippen LogP) is 4.13. The van der Waals surface area contributed by atoms with Crippen LogP contribution in [0.4, 0.5) is 0 Å². The predicted molar refractivity (Wildman–Crippen MR) is 83.9 cm³/mol. The number of amides is 1. The van der Waals surface area contributed by atoms with Crippen LogP contribution >= 0.6 is 15.9 Å². The Labute approximate surface area is 122 Å². The Kier molecular flexibility index (Phi) is 4.97. The monoisotopic (exact) mass is 319 g/mol. The second-order valence-corrected chi connectivity index (χ2v) is 5.91. The van der Waals surface area contributed by atoms with Gasteiger partial charge in [0.15, 0.2) is 0 Å². The van der Waals surface area contributed by atoms with E-state index in [2.05, 4.69) is 28.2 Å². The van der Waals surface area contributed by atoms with E-state index in [1.807, 2.05) is 42.5 Å². The van der Waals surface area contributed by atoms with Crippen molar-refractivity contribution in [2.24, 2.45) is 0 Å². The molecule has 0 fully saturated rings. The minimum atomic E-state index is 0.00144. The van der Waals surface area contributed by atoms with Gasteiger partial charge >= 0.3 is 0 Å². The van der Waals surface area contributed by atoms with Gasteiger partial charge in [-0.05, 0) is 35.7 Å². The topological polar surface area (TPSA) is 29.1 Å². The average Bonchev–Trinajstić information content (AvgIpc) is 2.46. The number of hydrogen-bond acceptors (Lipinski definition) is 1. The van der Waals surface area contributed by atoms with Gasteiger partial charge in [-0.3, -0.25) is 4.79 Å². The number of fused-ring (bicyclic) bond motifs is 1. The number of carbonyl (C=O) groups is 1. The molecular formula is C16H18BrNO. The third-order valence-electron chi connectivity index (χ3n) is 3.20. The van der Waals surface area contributed by atoms with Crippen molar-refractivity contribution >= 4 is 32.6 Å². The lowest BCUT2D eigenvalue weighted by Crippen LogP contribution is -2.25. The van der Waals surface area contributed by atoms with Crippen molar-refractivity contribution in [1.29, 1.82) is 0 Å². The van der Waals surface area contributed by atoms with Gasteiger partial charge in [0.1, 0.15) is 0 Å². The first-order chi connectivity index (χ1) is 9.20. The second kappa shape index (κ2) is 6.71. The minimum absolute atomic E-state index is 0.00144. The van der Waals surface area contributed by atoms with Crippen LogP contribution in [0.2, 0.25) is 0 Å². The molecule has 0 heterocycles. The van der Waals surface area contributed by atoms with Crippen LogP contribution in [-0.4, -0.2) is 17.3 Å². The minimum Gasteiger partial charge on any atom is -0.352 e. The number of halogens is 1. The summed E-state index contributed by atoms with van der Waals surface area (Å²) in [4.78, 5) is 12.5. The van der Waals surface area contributed by atoms with E-state index in [-0.39, 0.29) is 5.91 Å². The van der Waals surface area contributed by atoms with Crippen molar-refractivity contribution in [2.45, 2.75) is 24.6 Å². The lowest BCUT2D eigenvalue weighted by Gasteiger charge is -2.09. The SMILES string of the molecule is CCC(Br)CCNC(=O)c1ccc2ccccc2c1. The van der Waals surface area contributed by atoms with Crippen LogP contribution in [0, 0.1) is 0 Å². The Balaban J connectivity index is 2.01. The van der Waals surface area contributed by atoms with Gasteiger partial charge in [-0.2, -0.15) is 0 Å².